The second-order valence-corrected chi connectivity index (χ2v) is 18.2. The topological polar surface area (TPSA) is 181 Å². The molecule has 62 heavy (non-hydrogen) atoms. The molecule has 1 aliphatic heterocycles. The van der Waals surface area contributed by atoms with Crippen molar-refractivity contribution in [3.63, 3.8) is 0 Å². The summed E-state index contributed by atoms with van der Waals surface area (Å²) < 4.78 is 6.11. The lowest BCUT2D eigenvalue weighted by Gasteiger charge is -2.62. The van der Waals surface area contributed by atoms with Crippen LogP contribution in [0.2, 0.25) is 0 Å². The van der Waals surface area contributed by atoms with E-state index in [1.807, 2.05) is 73.6 Å². The Balaban J connectivity index is 1.14. The van der Waals surface area contributed by atoms with Crippen molar-refractivity contribution in [2.24, 2.45) is 29.1 Å². The first-order valence-electron chi connectivity index (χ1n) is 21.8. The first-order valence-corrected chi connectivity index (χ1v) is 21.8. The SMILES string of the molecule is COc1c(CN2O[C@@H](CO)[C@@H]([C@H](C)O)[C@H]2C(=O)N[C@H]2C[C@H]3C[C@@H]([C@@H]2C)C3(C)C)cccc1-c1cc(C(=O)N[C@H](Cc2ccccc2)C(=O)NCCc2cnc[nH]2)cc(N(C)C)c1. The normalized spacial score (nSPS) is 25.0. The Morgan fingerprint density at radius 1 is 1.08 bits per heavy atom. The number of benzene rings is 3. The largest absolute Gasteiger partial charge is 0.496 e. The molecule has 3 saturated carbocycles. The lowest BCUT2D eigenvalue weighted by atomic mass is 9.45. The van der Waals surface area contributed by atoms with Crippen molar-refractivity contribution in [1.29, 1.82) is 0 Å². The Hall–Kier alpha value is -5.28. The van der Waals surface area contributed by atoms with E-state index in [4.69, 9.17) is 9.57 Å². The van der Waals surface area contributed by atoms with E-state index in [-0.39, 0.29) is 36.4 Å². The van der Waals surface area contributed by atoms with Crippen molar-refractivity contribution >= 4 is 23.4 Å². The van der Waals surface area contributed by atoms with Crippen molar-refractivity contribution in [2.75, 3.05) is 39.3 Å². The van der Waals surface area contributed by atoms with E-state index >= 15 is 0 Å². The van der Waals surface area contributed by atoms with Gasteiger partial charge in [-0.25, -0.2) is 4.98 Å². The Morgan fingerprint density at radius 3 is 2.50 bits per heavy atom. The fraction of sp³-hybridized carbons (Fsp3) is 0.500. The number of hydrogen-bond donors (Lipinski definition) is 6. The number of aromatic nitrogens is 2. The lowest BCUT2D eigenvalue weighted by molar-refractivity contribution is -0.183. The minimum atomic E-state index is -0.934. The van der Waals surface area contributed by atoms with Crippen molar-refractivity contribution < 1.29 is 34.2 Å². The van der Waals surface area contributed by atoms with E-state index in [1.54, 1.807) is 43.8 Å². The minimum absolute atomic E-state index is 0.00716. The van der Waals surface area contributed by atoms with Gasteiger partial charge in [0.2, 0.25) is 11.8 Å². The van der Waals surface area contributed by atoms with Crippen LogP contribution in [0.4, 0.5) is 5.69 Å². The van der Waals surface area contributed by atoms with Crippen LogP contribution in [0.1, 0.15) is 67.7 Å². The van der Waals surface area contributed by atoms with Gasteiger partial charge in [-0.2, -0.15) is 5.06 Å². The number of carbonyl (C=O) groups is 3. The van der Waals surface area contributed by atoms with Gasteiger partial charge in [0.15, 0.2) is 0 Å². The number of methoxy groups -OCH3 is 1. The summed E-state index contributed by atoms with van der Waals surface area (Å²) in [4.78, 5) is 57.5. The molecule has 0 unspecified atom stereocenters. The van der Waals surface area contributed by atoms with Gasteiger partial charge in [0, 0.05) is 79.7 Å². The number of imidazole rings is 1. The summed E-state index contributed by atoms with van der Waals surface area (Å²) in [5.41, 5.74) is 5.26. The monoisotopic (exact) mass is 849 g/mol. The highest BCUT2D eigenvalue weighted by molar-refractivity contribution is 6.00. The molecule has 4 aromatic rings. The van der Waals surface area contributed by atoms with E-state index < -0.39 is 36.1 Å². The van der Waals surface area contributed by atoms with E-state index in [0.29, 0.717) is 65.1 Å². The van der Waals surface area contributed by atoms with Gasteiger partial charge in [-0.05, 0) is 72.3 Å². The molecule has 2 bridgehead atoms. The summed E-state index contributed by atoms with van der Waals surface area (Å²) in [6.45, 7) is 8.62. The molecule has 2 heterocycles. The Bertz CT molecular complexity index is 2180. The number of aliphatic hydroxyl groups excluding tert-OH is 2. The van der Waals surface area contributed by atoms with Crippen LogP contribution in [0.3, 0.4) is 0 Å². The molecule has 14 nitrogen and oxygen atoms in total. The van der Waals surface area contributed by atoms with Crippen LogP contribution in [0.15, 0.2) is 79.3 Å². The number of rotatable bonds is 17. The van der Waals surface area contributed by atoms with Crippen LogP contribution < -0.4 is 25.6 Å². The lowest BCUT2D eigenvalue weighted by Crippen LogP contribution is -2.62. The first kappa shape index (κ1) is 44.8. The molecule has 4 aliphatic rings. The van der Waals surface area contributed by atoms with Gasteiger partial charge in [-0.15, -0.1) is 0 Å². The molecule has 4 fully saturated rings. The zero-order valence-corrected chi connectivity index (χ0v) is 36.9. The van der Waals surface area contributed by atoms with Gasteiger partial charge in [0.25, 0.3) is 5.91 Å². The number of fused-ring (bicyclic) bond motifs is 2. The Morgan fingerprint density at radius 2 is 1.85 bits per heavy atom. The number of ether oxygens (including phenoxy) is 1. The van der Waals surface area contributed by atoms with E-state index in [0.717, 1.165) is 23.4 Å². The number of para-hydroxylation sites is 1. The van der Waals surface area contributed by atoms with Crippen molar-refractivity contribution in [3.8, 4) is 16.9 Å². The predicted molar refractivity (Wildman–Crippen MR) is 237 cm³/mol. The fourth-order valence-corrected chi connectivity index (χ4v) is 10.2. The number of hydroxylamine groups is 2. The van der Waals surface area contributed by atoms with Crippen LogP contribution >= 0.6 is 0 Å². The third kappa shape index (κ3) is 9.38. The van der Waals surface area contributed by atoms with Crippen LogP contribution in [0.5, 0.6) is 5.75 Å². The minimum Gasteiger partial charge on any atom is -0.496 e. The van der Waals surface area contributed by atoms with Gasteiger partial charge in [0.05, 0.1) is 32.7 Å². The third-order valence-electron chi connectivity index (χ3n) is 13.8. The average molecular weight is 850 g/mol. The molecule has 3 aromatic carbocycles. The maximum absolute atomic E-state index is 14.4. The predicted octanol–water partition coefficient (Wildman–Crippen LogP) is 4.51. The summed E-state index contributed by atoms with van der Waals surface area (Å²) in [5, 5.41) is 32.3. The maximum atomic E-state index is 14.4. The number of nitrogens with zero attached hydrogens (tertiary/aromatic N) is 3. The molecule has 0 radical (unpaired) electrons. The molecular formula is C48H63N7O7. The summed E-state index contributed by atoms with van der Waals surface area (Å²) >= 11 is 0. The number of aliphatic hydroxyl groups is 2. The van der Waals surface area contributed by atoms with Gasteiger partial charge in [-0.3, -0.25) is 19.2 Å². The molecule has 1 aromatic heterocycles. The second kappa shape index (κ2) is 19.0. The quantitative estimate of drug-likeness (QED) is 0.0885. The Labute approximate surface area is 364 Å². The molecule has 8 rings (SSSR count). The van der Waals surface area contributed by atoms with Gasteiger partial charge >= 0.3 is 0 Å². The molecule has 3 aliphatic carbocycles. The molecule has 3 amide bonds. The van der Waals surface area contributed by atoms with Crippen LogP contribution in [-0.4, -0.2) is 108 Å². The highest BCUT2D eigenvalue weighted by atomic mass is 16.7. The van der Waals surface area contributed by atoms with E-state index in [2.05, 4.69) is 46.7 Å². The van der Waals surface area contributed by atoms with Gasteiger partial charge in [-0.1, -0.05) is 69.3 Å². The summed E-state index contributed by atoms with van der Waals surface area (Å²) in [6, 6.07) is 19.1. The zero-order valence-electron chi connectivity index (χ0n) is 36.9. The molecular weight excluding hydrogens is 787 g/mol. The van der Waals surface area contributed by atoms with Crippen LogP contribution in [-0.2, 0) is 33.8 Å². The molecule has 1 saturated heterocycles. The zero-order chi connectivity index (χ0) is 44.3. The van der Waals surface area contributed by atoms with Crippen molar-refractivity contribution in [3.05, 3.63) is 102 Å². The molecule has 6 N–H and O–H groups in total. The van der Waals surface area contributed by atoms with Crippen LogP contribution in [0.25, 0.3) is 11.1 Å². The highest BCUT2D eigenvalue weighted by Crippen LogP contribution is 2.61. The van der Waals surface area contributed by atoms with Crippen LogP contribution in [0, 0.1) is 29.1 Å². The Kier molecular flexibility index (Phi) is 13.7. The molecule has 14 heteroatoms. The molecule has 332 valence electrons. The van der Waals surface area contributed by atoms with Gasteiger partial charge < -0.3 is 40.8 Å². The fourth-order valence-electron chi connectivity index (χ4n) is 10.2. The van der Waals surface area contributed by atoms with E-state index in [1.165, 1.54) is 6.42 Å². The average Bonchev–Trinajstić information content (AvgIpc) is 3.92. The first-order chi connectivity index (χ1) is 29.7. The number of H-pyrrole nitrogens is 1. The van der Waals surface area contributed by atoms with Gasteiger partial charge in [0.1, 0.15) is 23.9 Å². The molecule has 9 atom stereocenters. The summed E-state index contributed by atoms with van der Waals surface area (Å²) in [5.74, 6) is 0.271. The number of amides is 3. The number of anilines is 1. The second-order valence-electron chi connectivity index (χ2n) is 18.2. The number of carbonyl (C=O) groups excluding carboxylic acids is 3. The van der Waals surface area contributed by atoms with Crippen molar-refractivity contribution in [1.82, 2.24) is 31.0 Å². The third-order valence-corrected chi connectivity index (χ3v) is 13.8. The van der Waals surface area contributed by atoms with E-state index in [9.17, 15) is 24.6 Å². The number of nitrogens with one attached hydrogen (secondary N) is 4. The number of aromatic amines is 1. The summed E-state index contributed by atoms with van der Waals surface area (Å²) in [7, 11) is 5.36. The smallest absolute Gasteiger partial charge is 0.252 e. The highest BCUT2D eigenvalue weighted by Gasteiger charge is 2.57. The van der Waals surface area contributed by atoms with Crippen molar-refractivity contribution in [2.45, 2.75) is 90.3 Å². The summed E-state index contributed by atoms with van der Waals surface area (Å²) in [6.07, 6.45) is 4.52. The number of hydrogen-bond acceptors (Lipinski definition) is 10. The maximum Gasteiger partial charge on any atom is 0.252 e. The molecule has 0 spiro atoms. The standard InChI is InChI=1S/C48H63N7O7/c1-28-38-22-34(48(38,3)4)23-39(28)52-47(60)43-42(29(2)57)41(26-56)62-55(43)25-31-14-11-15-37(44(31)61-7)32-19-33(21-36(20-32)54(5)6)45(58)53-40(18-30-12-9-8-10-13-30)46(59)50-17-16-35-24-49-27-51-35/h8-15,19-21,24,27-29,34,38-43,56-57H,16-18,22-23,25-26H2,1-7H3,(H,49,51)(H,50,59)(H,52,60)(H,53,58)/t28-,29-,34+,38-,39-,40+,41-,42+,43-/m0/s1.